The first-order valence-corrected chi connectivity index (χ1v) is 4.90. The Morgan fingerprint density at radius 3 is 2.69 bits per heavy atom. The summed E-state index contributed by atoms with van der Waals surface area (Å²) in [6, 6.07) is 2.02. The number of aryl methyl sites for hydroxylation is 1. The second-order valence-corrected chi connectivity index (χ2v) is 3.67. The van der Waals surface area contributed by atoms with Gasteiger partial charge in [-0.2, -0.15) is 0 Å². The standard InChI is InChI=1S/C11H18N2/c1-4-5-9-6-7-13-11(8(2)3)10(9)12/h6-8H,4-5,12H2,1-3H3. The summed E-state index contributed by atoms with van der Waals surface area (Å²) in [6.07, 6.45) is 4.04. The van der Waals surface area contributed by atoms with E-state index in [9.17, 15) is 0 Å². The minimum Gasteiger partial charge on any atom is -0.397 e. The molecular weight excluding hydrogens is 160 g/mol. The molecule has 0 aliphatic heterocycles. The number of aromatic nitrogens is 1. The van der Waals surface area contributed by atoms with Crippen LogP contribution in [0.15, 0.2) is 12.3 Å². The Bertz CT molecular complexity index is 279. The van der Waals surface area contributed by atoms with E-state index in [1.165, 1.54) is 5.56 Å². The zero-order valence-corrected chi connectivity index (χ0v) is 8.67. The van der Waals surface area contributed by atoms with E-state index in [0.717, 1.165) is 24.2 Å². The lowest BCUT2D eigenvalue weighted by Gasteiger charge is -2.11. The number of anilines is 1. The number of nitrogen functional groups attached to an aromatic ring is 1. The van der Waals surface area contributed by atoms with Gasteiger partial charge in [0, 0.05) is 6.20 Å². The van der Waals surface area contributed by atoms with E-state index in [4.69, 9.17) is 5.73 Å². The Hall–Kier alpha value is -1.05. The first-order valence-electron chi connectivity index (χ1n) is 4.90. The van der Waals surface area contributed by atoms with Crippen molar-refractivity contribution in [2.75, 3.05) is 5.73 Å². The molecule has 72 valence electrons. The maximum Gasteiger partial charge on any atom is 0.0660 e. The molecule has 1 heterocycles. The minimum absolute atomic E-state index is 0.414. The summed E-state index contributed by atoms with van der Waals surface area (Å²) in [5, 5.41) is 0. The Morgan fingerprint density at radius 1 is 1.46 bits per heavy atom. The zero-order chi connectivity index (χ0) is 9.84. The van der Waals surface area contributed by atoms with Gasteiger partial charge in [0.15, 0.2) is 0 Å². The average Bonchev–Trinajstić information content (AvgIpc) is 2.08. The van der Waals surface area contributed by atoms with Gasteiger partial charge in [0.25, 0.3) is 0 Å². The lowest BCUT2D eigenvalue weighted by Crippen LogP contribution is -2.03. The van der Waals surface area contributed by atoms with Crippen molar-refractivity contribution in [3.8, 4) is 0 Å². The molecule has 0 fully saturated rings. The monoisotopic (exact) mass is 178 g/mol. The molecule has 13 heavy (non-hydrogen) atoms. The van der Waals surface area contributed by atoms with Crippen molar-refractivity contribution in [1.29, 1.82) is 0 Å². The van der Waals surface area contributed by atoms with Crippen molar-refractivity contribution in [1.82, 2.24) is 4.98 Å². The Balaban J connectivity index is 3.03. The highest BCUT2D eigenvalue weighted by atomic mass is 14.7. The highest BCUT2D eigenvalue weighted by Gasteiger charge is 2.08. The molecule has 1 rings (SSSR count). The second kappa shape index (κ2) is 4.26. The molecule has 0 unspecified atom stereocenters. The maximum absolute atomic E-state index is 6.01. The van der Waals surface area contributed by atoms with Crippen molar-refractivity contribution in [2.45, 2.75) is 39.5 Å². The molecule has 0 aliphatic rings. The minimum atomic E-state index is 0.414. The molecule has 0 bridgehead atoms. The third-order valence-corrected chi connectivity index (χ3v) is 2.18. The van der Waals surface area contributed by atoms with Gasteiger partial charge in [0.05, 0.1) is 11.4 Å². The van der Waals surface area contributed by atoms with E-state index in [1.54, 1.807) is 0 Å². The third-order valence-electron chi connectivity index (χ3n) is 2.18. The van der Waals surface area contributed by atoms with Crippen LogP contribution in [0.5, 0.6) is 0 Å². The van der Waals surface area contributed by atoms with Gasteiger partial charge < -0.3 is 5.73 Å². The molecule has 2 heteroatoms. The van der Waals surface area contributed by atoms with Crippen LogP contribution in [-0.4, -0.2) is 4.98 Å². The van der Waals surface area contributed by atoms with Crippen LogP contribution >= 0.6 is 0 Å². The first kappa shape index (κ1) is 10.0. The fourth-order valence-electron chi connectivity index (χ4n) is 1.48. The van der Waals surface area contributed by atoms with Gasteiger partial charge in [0.1, 0.15) is 0 Å². The highest BCUT2D eigenvalue weighted by Crippen LogP contribution is 2.23. The number of hydrogen-bond donors (Lipinski definition) is 1. The predicted molar refractivity (Wildman–Crippen MR) is 56.7 cm³/mol. The largest absolute Gasteiger partial charge is 0.397 e. The summed E-state index contributed by atoms with van der Waals surface area (Å²) >= 11 is 0. The number of rotatable bonds is 3. The SMILES string of the molecule is CCCc1ccnc(C(C)C)c1N. The van der Waals surface area contributed by atoms with Crippen molar-refractivity contribution in [3.05, 3.63) is 23.5 Å². The molecule has 2 nitrogen and oxygen atoms in total. The van der Waals surface area contributed by atoms with Crippen LogP contribution < -0.4 is 5.73 Å². The van der Waals surface area contributed by atoms with Crippen LogP contribution in [0.4, 0.5) is 5.69 Å². The van der Waals surface area contributed by atoms with Gasteiger partial charge in [-0.25, -0.2) is 0 Å². The van der Waals surface area contributed by atoms with Crippen LogP contribution in [0.25, 0.3) is 0 Å². The molecule has 1 aromatic heterocycles. The Labute approximate surface area is 80.2 Å². The number of nitrogens with two attached hydrogens (primary N) is 1. The normalized spacial score (nSPS) is 10.8. The topological polar surface area (TPSA) is 38.9 Å². The molecule has 0 amide bonds. The van der Waals surface area contributed by atoms with Crippen LogP contribution in [0.2, 0.25) is 0 Å². The van der Waals surface area contributed by atoms with E-state index in [0.29, 0.717) is 5.92 Å². The summed E-state index contributed by atoms with van der Waals surface area (Å²) < 4.78 is 0. The van der Waals surface area contributed by atoms with E-state index in [1.807, 2.05) is 12.3 Å². The number of nitrogens with zero attached hydrogens (tertiary/aromatic N) is 1. The van der Waals surface area contributed by atoms with Crippen LogP contribution in [0, 0.1) is 0 Å². The van der Waals surface area contributed by atoms with Gasteiger partial charge in [-0.15, -0.1) is 0 Å². The molecular formula is C11H18N2. The molecule has 0 saturated carbocycles. The first-order chi connectivity index (χ1) is 6.16. The molecule has 0 aliphatic carbocycles. The lowest BCUT2D eigenvalue weighted by molar-refractivity contribution is 0.817. The molecule has 0 saturated heterocycles. The van der Waals surface area contributed by atoms with Crippen molar-refractivity contribution < 1.29 is 0 Å². The summed E-state index contributed by atoms with van der Waals surface area (Å²) in [5.74, 6) is 0.414. The predicted octanol–water partition coefficient (Wildman–Crippen LogP) is 2.74. The third kappa shape index (κ3) is 2.20. The van der Waals surface area contributed by atoms with Gasteiger partial charge >= 0.3 is 0 Å². The summed E-state index contributed by atoms with van der Waals surface area (Å²) in [7, 11) is 0. The summed E-state index contributed by atoms with van der Waals surface area (Å²) in [6.45, 7) is 6.40. The van der Waals surface area contributed by atoms with Gasteiger partial charge in [-0.05, 0) is 24.0 Å². The smallest absolute Gasteiger partial charge is 0.0660 e. The zero-order valence-electron chi connectivity index (χ0n) is 8.67. The quantitative estimate of drug-likeness (QED) is 0.773. The van der Waals surface area contributed by atoms with Crippen molar-refractivity contribution in [3.63, 3.8) is 0 Å². The molecule has 0 atom stereocenters. The molecule has 1 aromatic rings. The number of hydrogen-bond acceptors (Lipinski definition) is 2. The van der Waals surface area contributed by atoms with Crippen LogP contribution in [0.1, 0.15) is 44.4 Å². The van der Waals surface area contributed by atoms with Crippen molar-refractivity contribution in [2.24, 2.45) is 0 Å². The maximum atomic E-state index is 6.01. The fraction of sp³-hybridized carbons (Fsp3) is 0.545. The van der Waals surface area contributed by atoms with Crippen LogP contribution in [0.3, 0.4) is 0 Å². The molecule has 2 N–H and O–H groups in total. The molecule has 0 radical (unpaired) electrons. The summed E-state index contributed by atoms with van der Waals surface area (Å²) in [5.41, 5.74) is 9.17. The Kier molecular flexibility index (Phi) is 3.29. The van der Waals surface area contributed by atoms with E-state index in [-0.39, 0.29) is 0 Å². The average molecular weight is 178 g/mol. The second-order valence-electron chi connectivity index (χ2n) is 3.67. The van der Waals surface area contributed by atoms with Crippen LogP contribution in [-0.2, 0) is 6.42 Å². The van der Waals surface area contributed by atoms with Gasteiger partial charge in [0.2, 0.25) is 0 Å². The van der Waals surface area contributed by atoms with E-state index < -0.39 is 0 Å². The van der Waals surface area contributed by atoms with E-state index in [2.05, 4.69) is 25.8 Å². The fourth-order valence-corrected chi connectivity index (χ4v) is 1.48. The molecule has 0 spiro atoms. The van der Waals surface area contributed by atoms with Gasteiger partial charge in [-0.1, -0.05) is 27.2 Å². The summed E-state index contributed by atoms with van der Waals surface area (Å²) in [4.78, 5) is 4.30. The van der Waals surface area contributed by atoms with E-state index >= 15 is 0 Å². The highest BCUT2D eigenvalue weighted by molar-refractivity contribution is 5.51. The lowest BCUT2D eigenvalue weighted by atomic mass is 10.0. The number of pyridine rings is 1. The van der Waals surface area contributed by atoms with Crippen molar-refractivity contribution >= 4 is 5.69 Å². The Morgan fingerprint density at radius 2 is 2.15 bits per heavy atom. The van der Waals surface area contributed by atoms with Gasteiger partial charge in [-0.3, -0.25) is 4.98 Å². The molecule has 0 aromatic carbocycles.